The van der Waals surface area contributed by atoms with Crippen LogP contribution in [0.3, 0.4) is 0 Å². The first-order valence-corrected chi connectivity index (χ1v) is 8.84. The average Bonchev–Trinajstić information content (AvgIpc) is 2.89. The molecule has 1 unspecified atom stereocenters. The standard InChI is InChI=1S/C15H14BrCl2N5O2/c1-23-15-11(13(16)22-23)14(20-7-21-15)19-5-8(24)6-25-10-4-2-3-9(17)12(10)18/h2-4,7-8,24H,5-6H2,1H3,(H,19,20,21). The Bertz CT molecular complexity index is 905. The lowest BCUT2D eigenvalue weighted by Crippen LogP contribution is -2.26. The Morgan fingerprint density at radius 2 is 2.16 bits per heavy atom. The molecule has 2 heterocycles. The number of benzene rings is 1. The molecular formula is C15H14BrCl2N5O2. The zero-order valence-electron chi connectivity index (χ0n) is 13.1. The highest BCUT2D eigenvalue weighted by Crippen LogP contribution is 2.31. The first kappa shape index (κ1) is 18.2. The molecule has 25 heavy (non-hydrogen) atoms. The number of fused-ring (bicyclic) bond motifs is 1. The molecule has 2 N–H and O–H groups in total. The van der Waals surface area contributed by atoms with Gasteiger partial charge in [-0.1, -0.05) is 29.3 Å². The van der Waals surface area contributed by atoms with Crippen molar-refractivity contribution in [3.05, 3.63) is 39.2 Å². The van der Waals surface area contributed by atoms with Gasteiger partial charge in [-0.25, -0.2) is 14.6 Å². The number of aromatic nitrogens is 4. The minimum Gasteiger partial charge on any atom is -0.489 e. The Balaban J connectivity index is 1.63. The Labute approximate surface area is 162 Å². The van der Waals surface area contributed by atoms with Gasteiger partial charge in [-0.3, -0.25) is 0 Å². The minimum atomic E-state index is -0.782. The van der Waals surface area contributed by atoms with Crippen molar-refractivity contribution < 1.29 is 9.84 Å². The summed E-state index contributed by atoms with van der Waals surface area (Å²) in [5.41, 5.74) is 0.681. The lowest BCUT2D eigenvalue weighted by Gasteiger charge is -2.15. The molecule has 0 amide bonds. The fourth-order valence-electron chi connectivity index (χ4n) is 2.23. The summed E-state index contributed by atoms with van der Waals surface area (Å²) >= 11 is 15.4. The maximum atomic E-state index is 10.1. The van der Waals surface area contributed by atoms with Gasteiger partial charge in [-0.2, -0.15) is 5.10 Å². The van der Waals surface area contributed by atoms with Gasteiger partial charge in [0.05, 0.1) is 10.4 Å². The van der Waals surface area contributed by atoms with Crippen molar-refractivity contribution in [2.45, 2.75) is 6.10 Å². The van der Waals surface area contributed by atoms with Gasteiger partial charge in [0.1, 0.15) is 40.2 Å². The number of halogens is 3. The van der Waals surface area contributed by atoms with Crippen LogP contribution in [0.4, 0.5) is 5.82 Å². The van der Waals surface area contributed by atoms with Gasteiger partial charge < -0.3 is 15.2 Å². The lowest BCUT2D eigenvalue weighted by molar-refractivity contribution is 0.117. The van der Waals surface area contributed by atoms with Gasteiger partial charge in [-0.15, -0.1) is 0 Å². The van der Waals surface area contributed by atoms with E-state index in [1.165, 1.54) is 6.33 Å². The number of ether oxygens (including phenoxy) is 1. The van der Waals surface area contributed by atoms with Crippen LogP contribution in [0.5, 0.6) is 5.75 Å². The molecule has 0 aliphatic carbocycles. The maximum Gasteiger partial charge on any atom is 0.164 e. The van der Waals surface area contributed by atoms with E-state index in [1.54, 1.807) is 29.9 Å². The summed E-state index contributed by atoms with van der Waals surface area (Å²) in [6, 6.07) is 5.08. The van der Waals surface area contributed by atoms with Crippen LogP contribution in [0.2, 0.25) is 10.0 Å². The van der Waals surface area contributed by atoms with E-state index >= 15 is 0 Å². The van der Waals surface area contributed by atoms with E-state index in [9.17, 15) is 5.11 Å². The molecule has 0 saturated carbocycles. The zero-order valence-corrected chi connectivity index (χ0v) is 16.2. The third-order valence-electron chi connectivity index (χ3n) is 3.43. The predicted molar refractivity (Wildman–Crippen MR) is 100 cm³/mol. The van der Waals surface area contributed by atoms with E-state index in [0.29, 0.717) is 31.9 Å². The molecule has 132 valence electrons. The number of nitrogens with zero attached hydrogens (tertiary/aromatic N) is 4. The first-order valence-electron chi connectivity index (χ1n) is 7.29. The number of aliphatic hydroxyl groups excluding tert-OH is 1. The van der Waals surface area contributed by atoms with Crippen LogP contribution >= 0.6 is 39.1 Å². The number of aryl methyl sites for hydroxylation is 1. The highest BCUT2D eigenvalue weighted by molar-refractivity contribution is 9.10. The fourth-order valence-corrected chi connectivity index (χ4v) is 3.18. The second-order valence-corrected chi connectivity index (χ2v) is 6.77. The molecule has 2 aromatic heterocycles. The Kier molecular flexibility index (Phi) is 5.63. The molecule has 3 aromatic rings. The van der Waals surface area contributed by atoms with E-state index in [-0.39, 0.29) is 13.2 Å². The van der Waals surface area contributed by atoms with Gasteiger partial charge in [0.25, 0.3) is 0 Å². The van der Waals surface area contributed by atoms with E-state index in [4.69, 9.17) is 27.9 Å². The molecule has 1 atom stereocenters. The molecule has 0 spiro atoms. The molecule has 3 rings (SSSR count). The van der Waals surface area contributed by atoms with Crippen LogP contribution in [0, 0.1) is 0 Å². The van der Waals surface area contributed by atoms with Crippen molar-refractivity contribution >= 4 is 56.0 Å². The topological polar surface area (TPSA) is 85.1 Å². The largest absolute Gasteiger partial charge is 0.489 e. The van der Waals surface area contributed by atoms with Gasteiger partial charge in [-0.05, 0) is 28.1 Å². The quantitative estimate of drug-likeness (QED) is 0.604. The zero-order chi connectivity index (χ0) is 18.0. The van der Waals surface area contributed by atoms with Crippen molar-refractivity contribution in [1.29, 1.82) is 0 Å². The monoisotopic (exact) mass is 445 g/mol. The predicted octanol–water partition coefficient (Wildman–Crippen LogP) is 3.28. The Hall–Kier alpha value is -1.61. The minimum absolute atomic E-state index is 0.0511. The molecule has 0 bridgehead atoms. The molecule has 0 saturated heterocycles. The lowest BCUT2D eigenvalue weighted by atomic mass is 10.3. The Morgan fingerprint density at radius 1 is 1.36 bits per heavy atom. The second kappa shape index (κ2) is 7.74. The number of rotatable bonds is 6. The van der Waals surface area contributed by atoms with Crippen LogP contribution < -0.4 is 10.1 Å². The van der Waals surface area contributed by atoms with Gasteiger partial charge >= 0.3 is 0 Å². The summed E-state index contributed by atoms with van der Waals surface area (Å²) < 4.78 is 7.79. The molecule has 10 heteroatoms. The maximum absolute atomic E-state index is 10.1. The molecule has 0 aliphatic heterocycles. The van der Waals surface area contributed by atoms with E-state index in [0.717, 1.165) is 5.39 Å². The molecule has 1 aromatic carbocycles. The van der Waals surface area contributed by atoms with Crippen molar-refractivity contribution in [3.8, 4) is 5.75 Å². The molecule has 0 aliphatic rings. The molecular weight excluding hydrogens is 433 g/mol. The highest BCUT2D eigenvalue weighted by Gasteiger charge is 2.15. The molecule has 7 nitrogen and oxygen atoms in total. The van der Waals surface area contributed by atoms with Crippen LogP contribution in [0.15, 0.2) is 29.1 Å². The average molecular weight is 447 g/mol. The summed E-state index contributed by atoms with van der Waals surface area (Å²) in [5, 5.41) is 18.9. The summed E-state index contributed by atoms with van der Waals surface area (Å²) in [6.45, 7) is 0.279. The van der Waals surface area contributed by atoms with Crippen LogP contribution in [0.1, 0.15) is 0 Å². The van der Waals surface area contributed by atoms with E-state index < -0.39 is 6.10 Å². The fraction of sp³-hybridized carbons (Fsp3) is 0.267. The van der Waals surface area contributed by atoms with Crippen LogP contribution in [-0.4, -0.2) is 44.1 Å². The third kappa shape index (κ3) is 3.98. The van der Waals surface area contributed by atoms with Crippen LogP contribution in [0.25, 0.3) is 11.0 Å². The van der Waals surface area contributed by atoms with Gasteiger partial charge in [0.2, 0.25) is 0 Å². The number of aliphatic hydroxyl groups is 1. The summed E-state index contributed by atoms with van der Waals surface area (Å²) in [6.07, 6.45) is 0.656. The molecule has 0 radical (unpaired) electrons. The van der Waals surface area contributed by atoms with Gasteiger partial charge in [0.15, 0.2) is 5.65 Å². The number of hydrogen-bond donors (Lipinski definition) is 2. The second-order valence-electron chi connectivity index (χ2n) is 5.23. The smallest absolute Gasteiger partial charge is 0.164 e. The van der Waals surface area contributed by atoms with Crippen molar-refractivity contribution in [2.75, 3.05) is 18.5 Å². The number of nitrogens with one attached hydrogen (secondary N) is 1. The first-order chi connectivity index (χ1) is 12.0. The highest BCUT2D eigenvalue weighted by atomic mass is 79.9. The normalized spacial score (nSPS) is 12.4. The van der Waals surface area contributed by atoms with Crippen LogP contribution in [-0.2, 0) is 7.05 Å². The summed E-state index contributed by atoms with van der Waals surface area (Å²) in [7, 11) is 1.79. The van der Waals surface area contributed by atoms with Crippen molar-refractivity contribution in [3.63, 3.8) is 0 Å². The van der Waals surface area contributed by atoms with E-state index in [2.05, 4.69) is 36.3 Å². The van der Waals surface area contributed by atoms with E-state index in [1.807, 2.05) is 0 Å². The summed E-state index contributed by atoms with van der Waals surface area (Å²) in [4.78, 5) is 8.39. The van der Waals surface area contributed by atoms with Gasteiger partial charge in [0, 0.05) is 13.6 Å². The van der Waals surface area contributed by atoms with Crippen molar-refractivity contribution in [2.24, 2.45) is 7.05 Å². The SMILES string of the molecule is Cn1nc(Br)c2c(NCC(O)COc3cccc(Cl)c3Cl)ncnc21. The summed E-state index contributed by atoms with van der Waals surface area (Å²) in [5.74, 6) is 0.998. The Morgan fingerprint density at radius 3 is 2.96 bits per heavy atom. The third-order valence-corrected chi connectivity index (χ3v) is 4.79. The number of hydrogen-bond acceptors (Lipinski definition) is 6. The van der Waals surface area contributed by atoms with Crippen molar-refractivity contribution in [1.82, 2.24) is 19.7 Å². The molecule has 0 fully saturated rings. The number of anilines is 1.